The quantitative estimate of drug-likeness (QED) is 0.600. The van der Waals surface area contributed by atoms with Gasteiger partial charge in [0.15, 0.2) is 11.5 Å². The molecule has 22 heavy (non-hydrogen) atoms. The van der Waals surface area contributed by atoms with Crippen LogP contribution in [-0.2, 0) is 4.79 Å². The minimum atomic E-state index is -0.200. The summed E-state index contributed by atoms with van der Waals surface area (Å²) >= 11 is 0. The molecule has 1 aliphatic rings. The maximum absolute atomic E-state index is 11.9. The number of phenolic OH excluding ortho intramolecular Hbond substituents is 2. The van der Waals surface area contributed by atoms with Gasteiger partial charge in [-0.3, -0.25) is 4.79 Å². The van der Waals surface area contributed by atoms with Crippen LogP contribution in [0, 0.1) is 0 Å². The number of carbonyl (C=O) groups excluding carboxylic acids is 1. The molecule has 0 spiro atoms. The lowest BCUT2D eigenvalue weighted by atomic mass is 10.1. The molecule has 4 nitrogen and oxygen atoms in total. The molecule has 0 heterocycles. The highest BCUT2D eigenvalue weighted by Gasteiger charge is 2.38. The Kier molecular flexibility index (Phi) is 3.83. The molecule has 3 rings (SSSR count). The monoisotopic (exact) mass is 295 g/mol. The summed E-state index contributed by atoms with van der Waals surface area (Å²) < 4.78 is 0. The van der Waals surface area contributed by atoms with Crippen molar-refractivity contribution < 1.29 is 15.0 Å². The molecule has 1 fully saturated rings. The van der Waals surface area contributed by atoms with Crippen LogP contribution in [0.25, 0.3) is 6.08 Å². The van der Waals surface area contributed by atoms with Gasteiger partial charge in [-0.15, -0.1) is 0 Å². The fourth-order valence-electron chi connectivity index (χ4n) is 2.47. The van der Waals surface area contributed by atoms with Crippen molar-refractivity contribution in [2.45, 2.75) is 18.4 Å². The van der Waals surface area contributed by atoms with Crippen LogP contribution in [-0.4, -0.2) is 22.2 Å². The molecule has 4 heteroatoms. The standard InChI is InChI=1S/C18H17NO3/c20-16-8-6-12(10-17(16)21)7-9-18(22)19-15-11-14(15)13-4-2-1-3-5-13/h1-10,14-15,20-21H,11H2,(H,19,22)/b9-7+. The van der Waals surface area contributed by atoms with Crippen LogP contribution in [0.5, 0.6) is 11.5 Å². The van der Waals surface area contributed by atoms with Crippen molar-refractivity contribution in [2.24, 2.45) is 0 Å². The molecule has 3 N–H and O–H groups in total. The van der Waals surface area contributed by atoms with Gasteiger partial charge in [-0.1, -0.05) is 36.4 Å². The molecule has 2 aromatic carbocycles. The summed E-state index contributed by atoms with van der Waals surface area (Å²) in [4.78, 5) is 11.9. The van der Waals surface area contributed by atoms with E-state index >= 15 is 0 Å². The molecule has 112 valence electrons. The van der Waals surface area contributed by atoms with E-state index in [-0.39, 0.29) is 23.4 Å². The van der Waals surface area contributed by atoms with Gasteiger partial charge in [0.25, 0.3) is 0 Å². The van der Waals surface area contributed by atoms with E-state index in [0.29, 0.717) is 11.5 Å². The number of aromatic hydroxyl groups is 2. The molecule has 2 aromatic rings. The molecule has 0 aliphatic heterocycles. The van der Waals surface area contributed by atoms with E-state index in [1.807, 2.05) is 18.2 Å². The predicted octanol–water partition coefficient (Wildman–Crippen LogP) is 2.78. The van der Waals surface area contributed by atoms with Crippen molar-refractivity contribution in [3.63, 3.8) is 0 Å². The summed E-state index contributed by atoms with van der Waals surface area (Å²) in [6, 6.07) is 14.7. The molecule has 2 atom stereocenters. The Bertz CT molecular complexity index is 710. The maximum atomic E-state index is 11.9. The lowest BCUT2D eigenvalue weighted by Gasteiger charge is -2.02. The van der Waals surface area contributed by atoms with E-state index in [1.165, 1.54) is 23.8 Å². The third-order valence-electron chi connectivity index (χ3n) is 3.77. The summed E-state index contributed by atoms with van der Waals surface area (Å²) in [6.07, 6.45) is 4.00. The normalized spacial score (nSPS) is 20.0. The van der Waals surface area contributed by atoms with Crippen molar-refractivity contribution in [1.82, 2.24) is 5.32 Å². The van der Waals surface area contributed by atoms with Crippen LogP contribution in [0.3, 0.4) is 0 Å². The largest absolute Gasteiger partial charge is 0.504 e. The first-order valence-electron chi connectivity index (χ1n) is 7.19. The van der Waals surface area contributed by atoms with Gasteiger partial charge in [-0.25, -0.2) is 0 Å². The van der Waals surface area contributed by atoms with Crippen LogP contribution < -0.4 is 5.32 Å². The highest BCUT2D eigenvalue weighted by molar-refractivity contribution is 5.92. The highest BCUT2D eigenvalue weighted by Crippen LogP contribution is 2.40. The van der Waals surface area contributed by atoms with Crippen LogP contribution in [0.1, 0.15) is 23.5 Å². The average molecular weight is 295 g/mol. The van der Waals surface area contributed by atoms with Gasteiger partial charge in [0.2, 0.25) is 5.91 Å². The van der Waals surface area contributed by atoms with Crippen molar-refractivity contribution in [1.29, 1.82) is 0 Å². The number of amides is 1. The summed E-state index contributed by atoms with van der Waals surface area (Å²) in [5, 5.41) is 21.6. The zero-order chi connectivity index (χ0) is 15.5. The van der Waals surface area contributed by atoms with E-state index < -0.39 is 0 Å². The van der Waals surface area contributed by atoms with E-state index in [4.69, 9.17) is 0 Å². The molecule has 0 saturated heterocycles. The van der Waals surface area contributed by atoms with E-state index in [0.717, 1.165) is 6.42 Å². The second kappa shape index (κ2) is 5.93. The predicted molar refractivity (Wildman–Crippen MR) is 84.5 cm³/mol. The van der Waals surface area contributed by atoms with Crippen molar-refractivity contribution in [2.75, 3.05) is 0 Å². The smallest absolute Gasteiger partial charge is 0.244 e. The van der Waals surface area contributed by atoms with Gasteiger partial charge in [0.05, 0.1) is 0 Å². The summed E-state index contributed by atoms with van der Waals surface area (Å²) in [5.74, 6) is -0.133. The Morgan fingerprint density at radius 3 is 2.59 bits per heavy atom. The number of rotatable bonds is 4. The zero-order valence-electron chi connectivity index (χ0n) is 11.9. The molecule has 1 aliphatic carbocycles. The summed E-state index contributed by atoms with van der Waals surface area (Å²) in [6.45, 7) is 0. The van der Waals surface area contributed by atoms with Crippen LogP contribution >= 0.6 is 0 Å². The first kappa shape index (κ1) is 14.2. The molecule has 1 saturated carbocycles. The van der Waals surface area contributed by atoms with E-state index in [9.17, 15) is 15.0 Å². The van der Waals surface area contributed by atoms with Crippen LogP contribution in [0.2, 0.25) is 0 Å². The summed E-state index contributed by atoms with van der Waals surface area (Å²) in [5.41, 5.74) is 1.90. The first-order chi connectivity index (χ1) is 10.6. The minimum absolute atomic E-state index is 0.156. The lowest BCUT2D eigenvalue weighted by Crippen LogP contribution is -2.24. The third kappa shape index (κ3) is 3.28. The number of phenols is 2. The fraction of sp³-hybridized carbons (Fsp3) is 0.167. The second-order valence-corrected chi connectivity index (χ2v) is 5.45. The number of carbonyl (C=O) groups is 1. The Labute approximate surface area is 128 Å². The second-order valence-electron chi connectivity index (χ2n) is 5.45. The number of hydrogen-bond donors (Lipinski definition) is 3. The van der Waals surface area contributed by atoms with Gasteiger partial charge < -0.3 is 15.5 Å². The lowest BCUT2D eigenvalue weighted by molar-refractivity contribution is -0.116. The number of nitrogens with one attached hydrogen (secondary N) is 1. The van der Waals surface area contributed by atoms with Gasteiger partial charge >= 0.3 is 0 Å². The SMILES string of the molecule is O=C(/C=C/c1ccc(O)c(O)c1)NC1CC1c1ccccc1. The van der Waals surface area contributed by atoms with Gasteiger partial charge in [-0.05, 0) is 35.8 Å². The molecule has 0 radical (unpaired) electrons. The molecular formula is C18H17NO3. The zero-order valence-corrected chi connectivity index (χ0v) is 11.9. The van der Waals surface area contributed by atoms with Gasteiger partial charge in [0.1, 0.15) is 0 Å². The Morgan fingerprint density at radius 1 is 1.09 bits per heavy atom. The van der Waals surface area contributed by atoms with Crippen molar-refractivity contribution >= 4 is 12.0 Å². The van der Waals surface area contributed by atoms with Crippen LogP contribution in [0.15, 0.2) is 54.6 Å². The topological polar surface area (TPSA) is 69.6 Å². The number of hydrogen-bond acceptors (Lipinski definition) is 3. The Hall–Kier alpha value is -2.75. The average Bonchev–Trinajstić information content (AvgIpc) is 3.28. The Morgan fingerprint density at radius 2 is 1.86 bits per heavy atom. The molecule has 0 aromatic heterocycles. The van der Waals surface area contributed by atoms with Crippen molar-refractivity contribution in [3.8, 4) is 11.5 Å². The molecular weight excluding hydrogens is 278 g/mol. The van der Waals surface area contributed by atoms with E-state index in [1.54, 1.807) is 12.1 Å². The maximum Gasteiger partial charge on any atom is 0.244 e. The van der Waals surface area contributed by atoms with Crippen LogP contribution in [0.4, 0.5) is 0 Å². The third-order valence-corrected chi connectivity index (χ3v) is 3.77. The van der Waals surface area contributed by atoms with E-state index in [2.05, 4.69) is 17.4 Å². The Balaban J connectivity index is 1.55. The van der Waals surface area contributed by atoms with Crippen molar-refractivity contribution in [3.05, 3.63) is 65.7 Å². The molecule has 2 unspecified atom stereocenters. The highest BCUT2D eigenvalue weighted by atomic mass is 16.3. The van der Waals surface area contributed by atoms with Gasteiger partial charge in [-0.2, -0.15) is 0 Å². The minimum Gasteiger partial charge on any atom is -0.504 e. The molecule has 1 amide bonds. The number of benzene rings is 2. The first-order valence-corrected chi connectivity index (χ1v) is 7.19. The van der Waals surface area contributed by atoms with Gasteiger partial charge in [0, 0.05) is 18.0 Å². The summed E-state index contributed by atoms with van der Waals surface area (Å²) in [7, 11) is 0. The fourth-order valence-corrected chi connectivity index (χ4v) is 2.47. The molecule has 0 bridgehead atoms.